The van der Waals surface area contributed by atoms with E-state index in [9.17, 15) is 9.90 Å². The third kappa shape index (κ3) is 4.44. The maximum absolute atomic E-state index is 13.7. The molecule has 0 radical (unpaired) electrons. The van der Waals surface area contributed by atoms with Gasteiger partial charge in [0, 0.05) is 23.3 Å². The lowest BCUT2D eigenvalue weighted by Gasteiger charge is -2.30. The first-order valence-electron chi connectivity index (χ1n) is 12.1. The van der Waals surface area contributed by atoms with Crippen molar-refractivity contribution in [3.8, 4) is 17.2 Å². The van der Waals surface area contributed by atoms with Gasteiger partial charge in [0.25, 0.3) is 0 Å². The molecule has 3 aromatic rings. The number of Topliss-reactive ketones (excluding diaryl/α,β-unsaturated/α-hetero) is 1. The summed E-state index contributed by atoms with van der Waals surface area (Å²) in [6.07, 6.45) is 2.05. The van der Waals surface area contributed by atoms with Crippen LogP contribution in [0.5, 0.6) is 17.2 Å². The number of para-hydroxylation sites is 3. The van der Waals surface area contributed by atoms with Crippen LogP contribution in [-0.4, -0.2) is 24.6 Å². The van der Waals surface area contributed by atoms with Crippen molar-refractivity contribution in [1.82, 2.24) is 0 Å². The molecule has 3 N–H and O–H groups in total. The minimum Gasteiger partial charge on any atom is -0.504 e. The Kier molecular flexibility index (Phi) is 6.36. The van der Waals surface area contributed by atoms with E-state index in [0.29, 0.717) is 36.3 Å². The SMILES string of the molecule is CCCOc1ccc(C2CC(=O)C3=C(C2)Nc2ccccc2NC3c2cccc(OC)c2O)cc1. The maximum atomic E-state index is 13.7. The number of benzene rings is 3. The Hall–Kier alpha value is -3.93. The van der Waals surface area contributed by atoms with Gasteiger partial charge in [-0.1, -0.05) is 43.3 Å². The molecule has 0 fully saturated rings. The Balaban J connectivity index is 1.54. The van der Waals surface area contributed by atoms with Crippen LogP contribution in [0.1, 0.15) is 49.3 Å². The number of aromatic hydroxyl groups is 1. The largest absolute Gasteiger partial charge is 0.504 e. The van der Waals surface area contributed by atoms with E-state index < -0.39 is 6.04 Å². The van der Waals surface area contributed by atoms with E-state index in [0.717, 1.165) is 34.8 Å². The molecule has 6 nitrogen and oxygen atoms in total. The molecule has 2 unspecified atom stereocenters. The molecule has 180 valence electrons. The van der Waals surface area contributed by atoms with E-state index in [1.54, 1.807) is 6.07 Å². The highest BCUT2D eigenvalue weighted by Gasteiger charge is 2.37. The van der Waals surface area contributed by atoms with Crippen LogP contribution >= 0.6 is 0 Å². The van der Waals surface area contributed by atoms with Crippen LogP contribution in [0, 0.1) is 0 Å². The van der Waals surface area contributed by atoms with E-state index in [4.69, 9.17) is 9.47 Å². The fourth-order valence-electron chi connectivity index (χ4n) is 4.95. The van der Waals surface area contributed by atoms with Gasteiger partial charge >= 0.3 is 0 Å². The second kappa shape index (κ2) is 9.74. The lowest BCUT2D eigenvalue weighted by molar-refractivity contribution is -0.116. The van der Waals surface area contributed by atoms with Gasteiger partial charge in [-0.3, -0.25) is 4.79 Å². The normalized spacial score (nSPS) is 19.1. The molecule has 35 heavy (non-hydrogen) atoms. The van der Waals surface area contributed by atoms with Crippen molar-refractivity contribution in [2.45, 2.75) is 38.1 Å². The van der Waals surface area contributed by atoms with Gasteiger partial charge in [-0.05, 0) is 54.7 Å². The summed E-state index contributed by atoms with van der Waals surface area (Å²) in [5.41, 5.74) is 5.03. The number of ether oxygens (including phenoxy) is 2. The number of hydrogen-bond acceptors (Lipinski definition) is 6. The molecular weight excluding hydrogens is 440 g/mol. The van der Waals surface area contributed by atoms with Crippen LogP contribution in [0.2, 0.25) is 0 Å². The summed E-state index contributed by atoms with van der Waals surface area (Å²) >= 11 is 0. The van der Waals surface area contributed by atoms with Crippen molar-refractivity contribution >= 4 is 17.2 Å². The zero-order valence-corrected chi connectivity index (χ0v) is 20.0. The Labute approximate surface area is 205 Å². The fourth-order valence-corrected chi connectivity index (χ4v) is 4.95. The van der Waals surface area contributed by atoms with Gasteiger partial charge in [-0.15, -0.1) is 0 Å². The van der Waals surface area contributed by atoms with E-state index in [1.807, 2.05) is 48.5 Å². The molecule has 5 rings (SSSR count). The number of allylic oxidation sites excluding steroid dienone is 1. The zero-order valence-electron chi connectivity index (χ0n) is 20.0. The van der Waals surface area contributed by atoms with Gasteiger partial charge in [0.15, 0.2) is 17.3 Å². The molecular formula is C29H30N2O4. The average molecular weight is 471 g/mol. The Morgan fingerprint density at radius 3 is 2.49 bits per heavy atom. The topological polar surface area (TPSA) is 79.8 Å². The number of hydrogen-bond donors (Lipinski definition) is 3. The lowest BCUT2D eigenvalue weighted by atomic mass is 9.78. The van der Waals surface area contributed by atoms with Crippen molar-refractivity contribution in [2.24, 2.45) is 0 Å². The van der Waals surface area contributed by atoms with Crippen molar-refractivity contribution in [2.75, 3.05) is 24.4 Å². The summed E-state index contributed by atoms with van der Waals surface area (Å²) in [6, 6.07) is 20.8. The number of anilines is 2. The first-order valence-corrected chi connectivity index (χ1v) is 12.1. The molecule has 0 saturated heterocycles. The molecule has 6 heteroatoms. The van der Waals surface area contributed by atoms with Crippen molar-refractivity contribution in [3.63, 3.8) is 0 Å². The second-order valence-electron chi connectivity index (χ2n) is 8.98. The number of fused-ring (bicyclic) bond motifs is 1. The van der Waals surface area contributed by atoms with Crippen molar-refractivity contribution in [3.05, 3.63) is 89.1 Å². The van der Waals surface area contributed by atoms with Crippen LogP contribution in [0.4, 0.5) is 11.4 Å². The average Bonchev–Trinajstić information content (AvgIpc) is 3.05. The summed E-state index contributed by atoms with van der Waals surface area (Å²) in [7, 11) is 1.52. The van der Waals surface area contributed by atoms with Crippen LogP contribution < -0.4 is 20.1 Å². The third-order valence-electron chi connectivity index (χ3n) is 6.69. The summed E-state index contributed by atoms with van der Waals surface area (Å²) in [5.74, 6) is 1.37. The summed E-state index contributed by atoms with van der Waals surface area (Å²) in [6.45, 7) is 2.77. The van der Waals surface area contributed by atoms with Gasteiger partial charge in [-0.25, -0.2) is 0 Å². The van der Waals surface area contributed by atoms with Crippen LogP contribution in [0.3, 0.4) is 0 Å². The molecule has 1 heterocycles. The third-order valence-corrected chi connectivity index (χ3v) is 6.69. The highest BCUT2D eigenvalue weighted by Crippen LogP contribution is 2.47. The molecule has 1 aliphatic heterocycles. The minimum absolute atomic E-state index is 0.0383. The summed E-state index contributed by atoms with van der Waals surface area (Å²) in [5, 5.41) is 18.0. The van der Waals surface area contributed by atoms with Crippen molar-refractivity contribution in [1.29, 1.82) is 0 Å². The molecule has 0 bridgehead atoms. The molecule has 2 atom stereocenters. The van der Waals surface area contributed by atoms with Gasteiger partial charge in [0.05, 0.1) is 31.1 Å². The highest BCUT2D eigenvalue weighted by molar-refractivity contribution is 6.01. The van der Waals surface area contributed by atoms with Crippen LogP contribution in [0.25, 0.3) is 0 Å². The van der Waals surface area contributed by atoms with Gasteiger partial charge in [0.2, 0.25) is 0 Å². The smallest absolute Gasteiger partial charge is 0.163 e. The number of methoxy groups -OCH3 is 1. The highest BCUT2D eigenvalue weighted by atomic mass is 16.5. The predicted octanol–water partition coefficient (Wildman–Crippen LogP) is 6.17. The minimum atomic E-state index is -0.505. The number of nitrogens with one attached hydrogen (secondary N) is 2. The number of phenolic OH excluding ortho intramolecular Hbond substituents is 1. The number of carbonyl (C=O) groups excluding carboxylic acids is 1. The van der Waals surface area contributed by atoms with Crippen LogP contribution in [-0.2, 0) is 4.79 Å². The Morgan fingerprint density at radius 2 is 1.74 bits per heavy atom. The van der Waals surface area contributed by atoms with E-state index in [1.165, 1.54) is 7.11 Å². The molecule has 2 aliphatic rings. The van der Waals surface area contributed by atoms with E-state index >= 15 is 0 Å². The zero-order chi connectivity index (χ0) is 24.4. The van der Waals surface area contributed by atoms with E-state index in [-0.39, 0.29) is 17.5 Å². The fraction of sp³-hybridized carbons (Fsp3) is 0.276. The first-order chi connectivity index (χ1) is 17.1. The van der Waals surface area contributed by atoms with Gasteiger partial charge < -0.3 is 25.2 Å². The predicted molar refractivity (Wildman–Crippen MR) is 137 cm³/mol. The molecule has 0 saturated carbocycles. The Bertz CT molecular complexity index is 1270. The summed E-state index contributed by atoms with van der Waals surface area (Å²) < 4.78 is 11.1. The first kappa shape index (κ1) is 22.8. The quantitative estimate of drug-likeness (QED) is 0.400. The van der Waals surface area contributed by atoms with Gasteiger partial charge in [0.1, 0.15) is 5.75 Å². The van der Waals surface area contributed by atoms with Crippen LogP contribution in [0.15, 0.2) is 78.0 Å². The number of phenols is 1. The molecule has 3 aromatic carbocycles. The molecule has 0 amide bonds. The second-order valence-corrected chi connectivity index (χ2v) is 8.98. The molecule has 1 aliphatic carbocycles. The number of ketones is 1. The van der Waals surface area contributed by atoms with Crippen molar-refractivity contribution < 1.29 is 19.4 Å². The molecule has 0 aromatic heterocycles. The Morgan fingerprint density at radius 1 is 0.971 bits per heavy atom. The monoisotopic (exact) mass is 470 g/mol. The number of rotatable bonds is 6. The standard InChI is InChI=1S/C29H30N2O4/c1-3-15-35-20-13-11-18(12-14-20)19-16-24-27(25(32)17-19)28(21-7-6-10-26(34-2)29(21)33)31-23-9-5-4-8-22(23)30-24/h4-14,19,28,30-31,33H,3,15-17H2,1-2H3. The summed E-state index contributed by atoms with van der Waals surface area (Å²) in [4.78, 5) is 13.7. The molecule has 0 spiro atoms. The maximum Gasteiger partial charge on any atom is 0.163 e. The van der Waals surface area contributed by atoms with E-state index in [2.05, 4.69) is 29.7 Å². The number of carbonyl (C=O) groups is 1. The van der Waals surface area contributed by atoms with Gasteiger partial charge in [-0.2, -0.15) is 0 Å². The lowest BCUT2D eigenvalue weighted by Crippen LogP contribution is -2.27.